The van der Waals surface area contributed by atoms with Crippen LogP contribution in [0.1, 0.15) is 69.0 Å². The van der Waals surface area contributed by atoms with Crippen molar-refractivity contribution in [1.29, 1.82) is 0 Å². The van der Waals surface area contributed by atoms with Crippen LogP contribution in [-0.4, -0.2) is 30.4 Å². The van der Waals surface area contributed by atoms with Gasteiger partial charge >= 0.3 is 0 Å². The lowest BCUT2D eigenvalue weighted by atomic mass is 9.70. The first-order chi connectivity index (χ1) is 12.9. The Kier molecular flexibility index (Phi) is 3.25. The van der Waals surface area contributed by atoms with E-state index in [1.807, 2.05) is 6.20 Å². The van der Waals surface area contributed by atoms with Gasteiger partial charge in [0.15, 0.2) is 0 Å². The summed E-state index contributed by atoms with van der Waals surface area (Å²) in [5, 5.41) is 15.6. The van der Waals surface area contributed by atoms with Gasteiger partial charge in [0.25, 0.3) is 0 Å². The fourth-order valence-corrected chi connectivity index (χ4v) is 5.38. The third-order valence-corrected chi connectivity index (χ3v) is 7.51. The molecule has 0 aromatic carbocycles. The van der Waals surface area contributed by atoms with E-state index >= 15 is 0 Å². The maximum Gasteiger partial charge on any atom is 0.116 e. The Balaban J connectivity index is 1.62. The molecule has 0 amide bonds. The van der Waals surface area contributed by atoms with Crippen LogP contribution < -0.4 is 0 Å². The molecule has 6 heteroatoms. The first-order valence-electron chi connectivity index (χ1n) is 9.84. The number of aromatic amines is 2. The van der Waals surface area contributed by atoms with Gasteiger partial charge in [-0.2, -0.15) is 10.2 Å². The van der Waals surface area contributed by atoms with E-state index in [2.05, 4.69) is 60.0 Å². The molecule has 2 bridgehead atoms. The van der Waals surface area contributed by atoms with Crippen LogP contribution in [0.2, 0.25) is 0 Å². The van der Waals surface area contributed by atoms with E-state index in [0.29, 0.717) is 5.92 Å². The van der Waals surface area contributed by atoms with Crippen molar-refractivity contribution in [2.75, 3.05) is 0 Å². The number of hydrogen-bond donors (Lipinski definition) is 2. The van der Waals surface area contributed by atoms with Crippen LogP contribution in [0.4, 0.5) is 0 Å². The number of aryl methyl sites for hydroxylation is 1. The number of nitrogens with one attached hydrogen (secondary N) is 2. The fourth-order valence-electron chi connectivity index (χ4n) is 5.38. The van der Waals surface area contributed by atoms with E-state index in [9.17, 15) is 0 Å². The van der Waals surface area contributed by atoms with Gasteiger partial charge in [0, 0.05) is 22.4 Å². The monoisotopic (exact) mass is 362 g/mol. The number of aromatic nitrogens is 6. The SMILES string of the molecule is CCc1[nH]nc(-c2cncc(-c3n[nH]c4c3C3CCC4(C)C3(C)C)n2)c1C. The minimum Gasteiger partial charge on any atom is -0.282 e. The van der Waals surface area contributed by atoms with E-state index in [-0.39, 0.29) is 10.8 Å². The normalized spacial score (nSPS) is 25.1. The average molecular weight is 362 g/mol. The molecule has 2 N–H and O–H groups in total. The molecule has 1 fully saturated rings. The molecule has 2 atom stereocenters. The summed E-state index contributed by atoms with van der Waals surface area (Å²) >= 11 is 0. The topological polar surface area (TPSA) is 83.1 Å². The molecule has 5 rings (SSSR count). The third kappa shape index (κ3) is 1.96. The fraction of sp³-hybridized carbons (Fsp3) is 0.524. The van der Waals surface area contributed by atoms with E-state index in [1.165, 1.54) is 24.1 Å². The number of hydrogen-bond acceptors (Lipinski definition) is 4. The lowest BCUT2D eigenvalue weighted by Crippen LogP contribution is -2.32. The third-order valence-electron chi connectivity index (χ3n) is 7.51. The number of fused-ring (bicyclic) bond motifs is 5. The maximum atomic E-state index is 4.90. The summed E-state index contributed by atoms with van der Waals surface area (Å²) < 4.78 is 0. The van der Waals surface area contributed by atoms with E-state index in [0.717, 1.165) is 40.5 Å². The molecule has 2 aliphatic carbocycles. The molecule has 2 aliphatic rings. The molecule has 2 unspecified atom stereocenters. The zero-order valence-electron chi connectivity index (χ0n) is 16.6. The Hall–Kier alpha value is -2.50. The van der Waals surface area contributed by atoms with E-state index in [1.54, 1.807) is 6.20 Å². The second-order valence-corrected chi connectivity index (χ2v) is 8.82. The first-order valence-corrected chi connectivity index (χ1v) is 9.84. The second-order valence-electron chi connectivity index (χ2n) is 8.82. The van der Waals surface area contributed by atoms with Gasteiger partial charge in [-0.15, -0.1) is 0 Å². The van der Waals surface area contributed by atoms with E-state index < -0.39 is 0 Å². The molecule has 0 spiro atoms. The van der Waals surface area contributed by atoms with E-state index in [4.69, 9.17) is 4.98 Å². The van der Waals surface area contributed by atoms with Gasteiger partial charge in [-0.3, -0.25) is 15.2 Å². The number of H-pyrrole nitrogens is 2. The molecule has 0 aliphatic heterocycles. The Bertz CT molecular complexity index is 1040. The zero-order valence-corrected chi connectivity index (χ0v) is 16.6. The quantitative estimate of drug-likeness (QED) is 0.727. The summed E-state index contributed by atoms with van der Waals surface area (Å²) in [4.78, 5) is 9.36. The lowest BCUT2D eigenvalue weighted by molar-refractivity contribution is 0.225. The summed E-state index contributed by atoms with van der Waals surface area (Å²) in [6.45, 7) is 11.4. The highest BCUT2D eigenvalue weighted by Crippen LogP contribution is 2.68. The smallest absolute Gasteiger partial charge is 0.116 e. The molecule has 3 aromatic heterocycles. The van der Waals surface area contributed by atoms with Crippen LogP contribution in [0.15, 0.2) is 12.4 Å². The minimum atomic E-state index is 0.165. The molecule has 0 radical (unpaired) electrons. The van der Waals surface area contributed by atoms with Crippen LogP contribution in [0.25, 0.3) is 22.8 Å². The first kappa shape index (κ1) is 16.7. The predicted octanol–water partition coefficient (Wildman–Crippen LogP) is 4.30. The summed E-state index contributed by atoms with van der Waals surface area (Å²) in [6, 6.07) is 0. The van der Waals surface area contributed by atoms with Crippen LogP contribution in [-0.2, 0) is 11.8 Å². The largest absolute Gasteiger partial charge is 0.282 e. The molecule has 3 aromatic rings. The van der Waals surface area contributed by atoms with Gasteiger partial charge in [-0.25, -0.2) is 4.98 Å². The lowest BCUT2D eigenvalue weighted by Gasteiger charge is -2.34. The van der Waals surface area contributed by atoms with Crippen molar-refractivity contribution in [2.24, 2.45) is 5.41 Å². The Morgan fingerprint density at radius 1 is 1.07 bits per heavy atom. The van der Waals surface area contributed by atoms with Crippen molar-refractivity contribution in [3.63, 3.8) is 0 Å². The molecule has 6 nitrogen and oxygen atoms in total. The summed E-state index contributed by atoms with van der Waals surface area (Å²) in [5.41, 5.74) is 8.82. The summed E-state index contributed by atoms with van der Waals surface area (Å²) in [7, 11) is 0. The molecular weight excluding hydrogens is 336 g/mol. The average Bonchev–Trinajstić information content (AvgIpc) is 3.34. The Labute approximate surface area is 159 Å². The predicted molar refractivity (Wildman–Crippen MR) is 104 cm³/mol. The molecular formula is C21H26N6. The Morgan fingerprint density at radius 3 is 2.48 bits per heavy atom. The highest BCUT2D eigenvalue weighted by atomic mass is 15.2. The van der Waals surface area contributed by atoms with Gasteiger partial charge < -0.3 is 0 Å². The van der Waals surface area contributed by atoms with Crippen molar-refractivity contribution < 1.29 is 0 Å². The van der Waals surface area contributed by atoms with Gasteiger partial charge in [0.2, 0.25) is 0 Å². The van der Waals surface area contributed by atoms with Crippen LogP contribution in [0.5, 0.6) is 0 Å². The summed E-state index contributed by atoms with van der Waals surface area (Å²) in [5.74, 6) is 0.524. The highest BCUT2D eigenvalue weighted by Gasteiger charge is 2.61. The van der Waals surface area contributed by atoms with Crippen LogP contribution in [0.3, 0.4) is 0 Å². The van der Waals surface area contributed by atoms with Crippen molar-refractivity contribution in [3.8, 4) is 22.8 Å². The standard InChI is InChI=1S/C21H26N6/c1-6-13-11(2)17(25-24-13)14-9-22-10-15(23-14)18-16-12-7-8-21(5,20(12,3)4)19(16)27-26-18/h9-10,12H,6-8H2,1-5H3,(H,24,25)(H,26,27). The number of rotatable bonds is 3. The molecule has 27 heavy (non-hydrogen) atoms. The highest BCUT2D eigenvalue weighted by molar-refractivity contribution is 5.68. The van der Waals surface area contributed by atoms with Gasteiger partial charge in [0.1, 0.15) is 22.8 Å². The van der Waals surface area contributed by atoms with Crippen molar-refractivity contribution in [1.82, 2.24) is 30.4 Å². The number of nitrogens with zero attached hydrogens (tertiary/aromatic N) is 4. The molecule has 1 saturated carbocycles. The molecule has 140 valence electrons. The second kappa shape index (κ2) is 5.27. The summed E-state index contributed by atoms with van der Waals surface area (Å²) in [6.07, 6.45) is 6.97. The van der Waals surface area contributed by atoms with Crippen molar-refractivity contribution >= 4 is 0 Å². The minimum absolute atomic E-state index is 0.165. The van der Waals surface area contributed by atoms with Gasteiger partial charge in [-0.05, 0) is 43.1 Å². The van der Waals surface area contributed by atoms with Crippen molar-refractivity contribution in [2.45, 2.75) is 65.2 Å². The zero-order chi connectivity index (χ0) is 19.0. The molecule has 3 heterocycles. The van der Waals surface area contributed by atoms with Crippen LogP contribution >= 0.6 is 0 Å². The van der Waals surface area contributed by atoms with Gasteiger partial charge in [0.05, 0.1) is 12.4 Å². The Morgan fingerprint density at radius 2 is 1.78 bits per heavy atom. The maximum absolute atomic E-state index is 4.90. The molecule has 0 saturated heterocycles. The van der Waals surface area contributed by atoms with Gasteiger partial charge in [-0.1, -0.05) is 27.7 Å². The van der Waals surface area contributed by atoms with Crippen LogP contribution in [0, 0.1) is 12.3 Å². The van der Waals surface area contributed by atoms with Crippen molar-refractivity contribution in [3.05, 3.63) is 34.9 Å².